The molecule has 1 heterocycles. The Balaban J connectivity index is 1.87. The fourth-order valence-corrected chi connectivity index (χ4v) is 4.18. The highest BCUT2D eigenvalue weighted by atomic mass is 16.5. The predicted molar refractivity (Wildman–Crippen MR) is 92.6 cm³/mol. The van der Waals surface area contributed by atoms with E-state index in [1.54, 1.807) is 0 Å². The van der Waals surface area contributed by atoms with Crippen molar-refractivity contribution >= 4 is 0 Å². The molecule has 1 unspecified atom stereocenters. The number of benzene rings is 1. The molecular weight excluding hydrogens is 270 g/mol. The summed E-state index contributed by atoms with van der Waals surface area (Å²) in [6.45, 7) is 10.1. The van der Waals surface area contributed by atoms with Crippen molar-refractivity contribution in [2.45, 2.75) is 77.9 Å². The van der Waals surface area contributed by atoms with Crippen LogP contribution in [0.4, 0.5) is 0 Å². The molecule has 1 spiro atoms. The minimum atomic E-state index is 0.0997. The quantitative estimate of drug-likeness (QED) is 0.837. The van der Waals surface area contributed by atoms with Crippen molar-refractivity contribution in [1.82, 2.24) is 5.32 Å². The predicted octanol–water partition coefficient (Wildman–Crippen LogP) is 5.08. The van der Waals surface area contributed by atoms with Crippen molar-refractivity contribution in [3.8, 4) is 5.75 Å². The minimum Gasteiger partial charge on any atom is -0.487 e. The van der Waals surface area contributed by atoms with Gasteiger partial charge in [0.25, 0.3) is 0 Å². The third-order valence-electron chi connectivity index (χ3n) is 5.35. The van der Waals surface area contributed by atoms with E-state index >= 15 is 0 Å². The van der Waals surface area contributed by atoms with Crippen molar-refractivity contribution < 1.29 is 4.74 Å². The summed E-state index contributed by atoms with van der Waals surface area (Å²) in [5.41, 5.74) is 4.14. The first-order valence-electron chi connectivity index (χ1n) is 9.03. The summed E-state index contributed by atoms with van der Waals surface area (Å²) < 4.78 is 6.58. The number of rotatable bonds is 4. The number of hydrogen-bond acceptors (Lipinski definition) is 2. The molecule has 1 aromatic carbocycles. The lowest BCUT2D eigenvalue weighted by atomic mass is 9.84. The third-order valence-corrected chi connectivity index (χ3v) is 5.35. The molecular formula is C20H31NO. The fourth-order valence-electron chi connectivity index (χ4n) is 4.18. The average molecular weight is 301 g/mol. The van der Waals surface area contributed by atoms with E-state index in [2.05, 4.69) is 45.1 Å². The van der Waals surface area contributed by atoms with Gasteiger partial charge < -0.3 is 10.1 Å². The third kappa shape index (κ3) is 3.17. The van der Waals surface area contributed by atoms with Crippen molar-refractivity contribution in [3.63, 3.8) is 0 Å². The van der Waals surface area contributed by atoms with Gasteiger partial charge in [-0.2, -0.15) is 0 Å². The molecule has 0 radical (unpaired) electrons. The Morgan fingerprint density at radius 1 is 1.23 bits per heavy atom. The largest absolute Gasteiger partial charge is 0.487 e. The van der Waals surface area contributed by atoms with Crippen LogP contribution >= 0.6 is 0 Å². The van der Waals surface area contributed by atoms with Gasteiger partial charge in [0.05, 0.1) is 0 Å². The van der Waals surface area contributed by atoms with Crippen LogP contribution in [0.2, 0.25) is 0 Å². The summed E-state index contributed by atoms with van der Waals surface area (Å²) in [4.78, 5) is 0. The van der Waals surface area contributed by atoms with E-state index in [9.17, 15) is 0 Å². The maximum absolute atomic E-state index is 6.58. The summed E-state index contributed by atoms with van der Waals surface area (Å²) in [5, 5.41) is 3.83. The van der Waals surface area contributed by atoms with E-state index < -0.39 is 0 Å². The van der Waals surface area contributed by atoms with Crippen LogP contribution in [0.1, 0.15) is 75.1 Å². The second kappa shape index (κ2) is 6.23. The fraction of sp³-hybridized carbons (Fsp3) is 0.700. The van der Waals surface area contributed by atoms with Crippen molar-refractivity contribution in [1.29, 1.82) is 0 Å². The second-order valence-electron chi connectivity index (χ2n) is 7.89. The molecule has 1 atom stereocenters. The molecule has 1 aromatic rings. The van der Waals surface area contributed by atoms with Crippen LogP contribution < -0.4 is 10.1 Å². The first-order chi connectivity index (χ1) is 10.5. The normalized spacial score (nSPS) is 22.9. The summed E-state index contributed by atoms with van der Waals surface area (Å²) >= 11 is 0. The first-order valence-corrected chi connectivity index (χ1v) is 9.03. The smallest absolute Gasteiger partial charge is 0.127 e. The van der Waals surface area contributed by atoms with Crippen LogP contribution in [0, 0.1) is 19.8 Å². The molecule has 0 saturated heterocycles. The molecule has 1 saturated carbocycles. The second-order valence-corrected chi connectivity index (χ2v) is 7.89. The van der Waals surface area contributed by atoms with Crippen LogP contribution in [0.15, 0.2) is 12.1 Å². The molecule has 0 amide bonds. The first kappa shape index (κ1) is 15.9. The Kier molecular flexibility index (Phi) is 4.49. The average Bonchev–Trinajstić information content (AvgIpc) is 2.88. The zero-order valence-electron chi connectivity index (χ0n) is 14.7. The molecule has 1 N–H and O–H groups in total. The zero-order valence-corrected chi connectivity index (χ0v) is 14.7. The molecule has 0 aromatic heterocycles. The highest BCUT2D eigenvalue weighted by Gasteiger charge is 2.43. The van der Waals surface area contributed by atoms with Crippen LogP contribution in [-0.2, 0) is 0 Å². The van der Waals surface area contributed by atoms with Gasteiger partial charge in [-0.15, -0.1) is 0 Å². The monoisotopic (exact) mass is 301 g/mol. The van der Waals surface area contributed by atoms with Gasteiger partial charge in [0.1, 0.15) is 11.4 Å². The molecule has 2 aliphatic rings. The SMILES string of the molecule is Cc1cc(C)c2c(c1)C(NCCC(C)C)CC1(CCCC1)O2. The van der Waals surface area contributed by atoms with E-state index in [4.69, 9.17) is 4.74 Å². The summed E-state index contributed by atoms with van der Waals surface area (Å²) in [5.74, 6) is 1.92. The van der Waals surface area contributed by atoms with Crippen LogP contribution in [0.5, 0.6) is 5.75 Å². The van der Waals surface area contributed by atoms with Crippen molar-refractivity contribution in [3.05, 3.63) is 28.8 Å². The lowest BCUT2D eigenvalue weighted by molar-refractivity contribution is 0.0358. The highest BCUT2D eigenvalue weighted by molar-refractivity contribution is 5.47. The van der Waals surface area contributed by atoms with Gasteiger partial charge in [-0.05, 0) is 64.0 Å². The summed E-state index contributed by atoms with van der Waals surface area (Å²) in [6.07, 6.45) is 7.47. The van der Waals surface area contributed by atoms with Crippen LogP contribution in [0.3, 0.4) is 0 Å². The number of ether oxygens (including phenoxy) is 1. The van der Waals surface area contributed by atoms with E-state index in [1.807, 2.05) is 0 Å². The Hall–Kier alpha value is -1.02. The van der Waals surface area contributed by atoms with E-state index in [0.717, 1.165) is 18.9 Å². The van der Waals surface area contributed by atoms with Crippen molar-refractivity contribution in [2.75, 3.05) is 6.54 Å². The van der Waals surface area contributed by atoms with Gasteiger partial charge >= 0.3 is 0 Å². The lowest BCUT2D eigenvalue weighted by Gasteiger charge is -2.41. The number of nitrogens with one attached hydrogen (secondary N) is 1. The zero-order chi connectivity index (χ0) is 15.7. The van der Waals surface area contributed by atoms with Crippen molar-refractivity contribution in [2.24, 2.45) is 5.92 Å². The maximum atomic E-state index is 6.58. The molecule has 2 heteroatoms. The van der Waals surface area contributed by atoms with Gasteiger partial charge in [0, 0.05) is 18.0 Å². The molecule has 2 nitrogen and oxygen atoms in total. The maximum Gasteiger partial charge on any atom is 0.127 e. The molecule has 3 rings (SSSR count). The van der Waals surface area contributed by atoms with Crippen LogP contribution in [0.25, 0.3) is 0 Å². The Bertz CT molecular complexity index is 529. The van der Waals surface area contributed by atoms with E-state index in [-0.39, 0.29) is 5.60 Å². The molecule has 1 fully saturated rings. The molecule has 122 valence electrons. The Morgan fingerprint density at radius 3 is 2.64 bits per heavy atom. The van der Waals surface area contributed by atoms with E-state index in [1.165, 1.54) is 54.5 Å². The van der Waals surface area contributed by atoms with Gasteiger partial charge in [-0.25, -0.2) is 0 Å². The number of aryl methyl sites for hydroxylation is 2. The van der Waals surface area contributed by atoms with Gasteiger partial charge in [0.15, 0.2) is 0 Å². The Labute approximate surface area is 135 Å². The van der Waals surface area contributed by atoms with Gasteiger partial charge in [-0.1, -0.05) is 31.5 Å². The highest BCUT2D eigenvalue weighted by Crippen LogP contribution is 2.48. The number of hydrogen-bond donors (Lipinski definition) is 1. The van der Waals surface area contributed by atoms with Crippen LogP contribution in [-0.4, -0.2) is 12.1 Å². The molecule has 1 aliphatic carbocycles. The lowest BCUT2D eigenvalue weighted by Crippen LogP contribution is -2.42. The molecule has 1 aliphatic heterocycles. The molecule has 0 bridgehead atoms. The van der Waals surface area contributed by atoms with Gasteiger partial charge in [-0.3, -0.25) is 0 Å². The minimum absolute atomic E-state index is 0.0997. The Morgan fingerprint density at radius 2 is 1.95 bits per heavy atom. The number of fused-ring (bicyclic) bond motifs is 1. The molecule has 22 heavy (non-hydrogen) atoms. The standard InChI is InChI=1S/C20H31NO/c1-14(2)7-10-21-18-13-20(8-5-6-9-20)22-19-16(4)11-15(3)12-17(18)19/h11-12,14,18,21H,5-10,13H2,1-4H3. The van der Waals surface area contributed by atoms with Gasteiger partial charge in [0.2, 0.25) is 0 Å². The summed E-state index contributed by atoms with van der Waals surface area (Å²) in [6, 6.07) is 5.05. The van der Waals surface area contributed by atoms with E-state index in [0.29, 0.717) is 6.04 Å². The summed E-state index contributed by atoms with van der Waals surface area (Å²) in [7, 11) is 0. The topological polar surface area (TPSA) is 21.3 Å².